The standard InChI is InChI=1S/C26H27F3N8O/c1-17-23(9-11-35(2)14-26(27,28)29)36(15-31-17)21-8-10-30-22(13-21)25(38)33-19-5-3-4-18(12-19)24-34-32-16-37(24)20-6-7-20/h3-5,8,10,12-13,15-16,20H,6-7,9,11,14H2,1-2H3,(H,33,38). The maximum Gasteiger partial charge on any atom is 0.401 e. The molecule has 0 unspecified atom stereocenters. The van der Waals surface area contributed by atoms with E-state index in [4.69, 9.17) is 0 Å². The van der Waals surface area contributed by atoms with E-state index < -0.39 is 18.6 Å². The first-order chi connectivity index (χ1) is 18.2. The highest BCUT2D eigenvalue weighted by Gasteiger charge is 2.29. The number of likely N-dealkylation sites (N-methyl/N-ethyl adjacent to an activating group) is 1. The van der Waals surface area contributed by atoms with Crippen molar-refractivity contribution in [3.63, 3.8) is 0 Å². The summed E-state index contributed by atoms with van der Waals surface area (Å²) in [4.78, 5) is 22.9. The van der Waals surface area contributed by atoms with Crippen molar-refractivity contribution in [1.82, 2.24) is 34.2 Å². The Bertz CT molecular complexity index is 1440. The molecule has 12 heteroatoms. The number of carbonyl (C=O) groups excluding carboxylic acids is 1. The lowest BCUT2D eigenvalue weighted by Crippen LogP contribution is -2.32. The molecular weight excluding hydrogens is 497 g/mol. The quantitative estimate of drug-likeness (QED) is 0.348. The van der Waals surface area contributed by atoms with Crippen LogP contribution in [0, 0.1) is 6.92 Å². The van der Waals surface area contributed by atoms with Crippen molar-refractivity contribution in [2.75, 3.05) is 25.5 Å². The van der Waals surface area contributed by atoms with Gasteiger partial charge in [-0.1, -0.05) is 12.1 Å². The molecule has 1 N–H and O–H groups in total. The number of nitrogens with one attached hydrogen (secondary N) is 1. The fraction of sp³-hybridized carbons (Fsp3) is 0.346. The summed E-state index contributed by atoms with van der Waals surface area (Å²) in [7, 11) is 1.43. The van der Waals surface area contributed by atoms with E-state index in [0.29, 0.717) is 29.5 Å². The zero-order valence-corrected chi connectivity index (χ0v) is 21.0. The van der Waals surface area contributed by atoms with Crippen LogP contribution >= 0.6 is 0 Å². The van der Waals surface area contributed by atoms with Gasteiger partial charge in [0.1, 0.15) is 12.0 Å². The minimum atomic E-state index is -4.26. The number of aryl methyl sites for hydroxylation is 1. The lowest BCUT2D eigenvalue weighted by atomic mass is 10.1. The van der Waals surface area contributed by atoms with Gasteiger partial charge in [0.25, 0.3) is 5.91 Å². The number of anilines is 1. The number of carbonyl (C=O) groups is 1. The van der Waals surface area contributed by atoms with Crippen LogP contribution in [0.1, 0.15) is 40.8 Å². The maximum absolute atomic E-state index is 13.1. The van der Waals surface area contributed by atoms with E-state index >= 15 is 0 Å². The van der Waals surface area contributed by atoms with Gasteiger partial charge in [0.15, 0.2) is 5.82 Å². The molecule has 0 atom stereocenters. The first kappa shape index (κ1) is 25.6. The molecule has 9 nitrogen and oxygen atoms in total. The molecule has 1 saturated carbocycles. The Morgan fingerprint density at radius 1 is 1.16 bits per heavy atom. The third-order valence-electron chi connectivity index (χ3n) is 6.40. The van der Waals surface area contributed by atoms with E-state index in [0.717, 1.165) is 29.9 Å². The van der Waals surface area contributed by atoms with Crippen molar-refractivity contribution >= 4 is 11.6 Å². The first-order valence-corrected chi connectivity index (χ1v) is 12.2. The van der Waals surface area contributed by atoms with E-state index in [1.807, 2.05) is 18.2 Å². The monoisotopic (exact) mass is 524 g/mol. The predicted octanol–water partition coefficient (Wildman–Crippen LogP) is 4.46. The molecule has 0 spiro atoms. The normalized spacial score (nSPS) is 13.7. The molecule has 0 aliphatic heterocycles. The number of hydrogen-bond donors (Lipinski definition) is 1. The smallest absolute Gasteiger partial charge is 0.321 e. The Balaban J connectivity index is 1.31. The number of imidazole rings is 1. The number of pyridine rings is 1. The van der Waals surface area contributed by atoms with Gasteiger partial charge < -0.3 is 14.5 Å². The molecule has 1 aliphatic carbocycles. The Morgan fingerprint density at radius 3 is 2.74 bits per heavy atom. The van der Waals surface area contributed by atoms with Gasteiger partial charge in [-0.05, 0) is 51.1 Å². The third kappa shape index (κ3) is 5.91. The Labute approximate surface area is 217 Å². The van der Waals surface area contributed by atoms with Crippen LogP contribution in [0.4, 0.5) is 18.9 Å². The van der Waals surface area contributed by atoms with Crippen molar-refractivity contribution in [3.8, 4) is 17.1 Å². The van der Waals surface area contributed by atoms with Gasteiger partial charge >= 0.3 is 6.18 Å². The molecule has 5 rings (SSSR count). The van der Waals surface area contributed by atoms with Crippen molar-refractivity contribution in [2.45, 2.75) is 38.4 Å². The summed E-state index contributed by atoms with van der Waals surface area (Å²) in [6.07, 6.45) is 3.16. The number of benzene rings is 1. The van der Waals surface area contributed by atoms with Gasteiger partial charge in [0.05, 0.1) is 24.3 Å². The highest BCUT2D eigenvalue weighted by Crippen LogP contribution is 2.37. The lowest BCUT2D eigenvalue weighted by Gasteiger charge is -2.19. The van der Waals surface area contributed by atoms with Gasteiger partial charge in [-0.2, -0.15) is 13.2 Å². The van der Waals surface area contributed by atoms with E-state index in [1.165, 1.54) is 18.1 Å². The minimum absolute atomic E-state index is 0.195. The van der Waals surface area contributed by atoms with Gasteiger partial charge in [-0.3, -0.25) is 14.7 Å². The van der Waals surface area contributed by atoms with Crippen molar-refractivity contribution < 1.29 is 18.0 Å². The first-order valence-electron chi connectivity index (χ1n) is 12.2. The van der Waals surface area contributed by atoms with Crippen LogP contribution in [0.25, 0.3) is 17.1 Å². The summed E-state index contributed by atoms with van der Waals surface area (Å²) >= 11 is 0. The molecule has 1 amide bonds. The summed E-state index contributed by atoms with van der Waals surface area (Å²) in [6, 6.07) is 11.2. The Kier molecular flexibility index (Phi) is 6.98. The fourth-order valence-corrected chi connectivity index (χ4v) is 4.36. The molecule has 3 aromatic heterocycles. The number of alkyl halides is 3. The minimum Gasteiger partial charge on any atom is -0.321 e. The second kappa shape index (κ2) is 10.4. The highest BCUT2D eigenvalue weighted by molar-refractivity contribution is 6.03. The molecule has 4 aromatic rings. The zero-order valence-electron chi connectivity index (χ0n) is 21.0. The predicted molar refractivity (Wildman–Crippen MR) is 135 cm³/mol. The molecule has 1 aromatic carbocycles. The van der Waals surface area contributed by atoms with Crippen LogP contribution < -0.4 is 5.32 Å². The number of halogens is 3. The summed E-state index contributed by atoms with van der Waals surface area (Å²) in [5.41, 5.74) is 3.76. The Morgan fingerprint density at radius 2 is 1.97 bits per heavy atom. The average Bonchev–Trinajstić information content (AvgIpc) is 3.48. The fourth-order valence-electron chi connectivity index (χ4n) is 4.36. The molecule has 0 bridgehead atoms. The molecule has 198 valence electrons. The summed E-state index contributed by atoms with van der Waals surface area (Å²) in [6.45, 7) is 1.02. The molecule has 1 aliphatic rings. The number of amides is 1. The second-order valence-corrected chi connectivity index (χ2v) is 9.48. The largest absolute Gasteiger partial charge is 0.401 e. The van der Waals surface area contributed by atoms with Crippen molar-refractivity contribution in [2.24, 2.45) is 0 Å². The summed E-state index contributed by atoms with van der Waals surface area (Å²) < 4.78 is 42.0. The van der Waals surface area contributed by atoms with Crippen molar-refractivity contribution in [3.05, 3.63) is 72.3 Å². The molecule has 0 radical (unpaired) electrons. The lowest BCUT2D eigenvalue weighted by molar-refractivity contribution is -0.142. The Hall–Kier alpha value is -4.06. The topological polar surface area (TPSA) is 93.8 Å². The number of aromatic nitrogens is 6. The van der Waals surface area contributed by atoms with Gasteiger partial charge in [0, 0.05) is 42.1 Å². The molecule has 1 fully saturated rings. The summed E-state index contributed by atoms with van der Waals surface area (Å²) in [5.74, 6) is 0.364. The van der Waals surface area contributed by atoms with Crippen LogP contribution in [0.5, 0.6) is 0 Å². The maximum atomic E-state index is 13.1. The van der Waals surface area contributed by atoms with Crippen molar-refractivity contribution in [1.29, 1.82) is 0 Å². The molecule has 0 saturated heterocycles. The number of hydrogen-bond acceptors (Lipinski definition) is 6. The molecule has 38 heavy (non-hydrogen) atoms. The highest BCUT2D eigenvalue weighted by atomic mass is 19.4. The van der Waals surface area contributed by atoms with E-state index in [9.17, 15) is 18.0 Å². The van der Waals surface area contributed by atoms with Crippen LogP contribution in [-0.4, -0.2) is 66.4 Å². The zero-order chi connectivity index (χ0) is 26.9. The third-order valence-corrected chi connectivity index (χ3v) is 6.40. The van der Waals surface area contributed by atoms with Crippen LogP contribution in [0.2, 0.25) is 0 Å². The molecular formula is C26H27F3N8O. The second-order valence-electron chi connectivity index (χ2n) is 9.48. The van der Waals surface area contributed by atoms with Crippen LogP contribution in [0.15, 0.2) is 55.2 Å². The van der Waals surface area contributed by atoms with Gasteiger partial charge in [0.2, 0.25) is 0 Å². The van der Waals surface area contributed by atoms with Crippen LogP contribution in [0.3, 0.4) is 0 Å². The van der Waals surface area contributed by atoms with E-state index in [1.54, 1.807) is 42.3 Å². The average molecular weight is 525 g/mol. The van der Waals surface area contributed by atoms with E-state index in [-0.39, 0.29) is 12.2 Å². The molecule has 3 heterocycles. The SMILES string of the molecule is Cc1ncn(-c2ccnc(C(=O)Nc3cccc(-c4nncn4C4CC4)c3)c2)c1CCN(C)CC(F)(F)F. The summed E-state index contributed by atoms with van der Waals surface area (Å²) in [5, 5.41) is 11.2. The van der Waals surface area contributed by atoms with Gasteiger partial charge in [-0.15, -0.1) is 10.2 Å². The number of nitrogens with zero attached hydrogens (tertiary/aromatic N) is 7. The van der Waals surface area contributed by atoms with Crippen LogP contribution in [-0.2, 0) is 6.42 Å². The number of rotatable bonds is 9. The van der Waals surface area contributed by atoms with E-state index in [2.05, 4.69) is 30.0 Å². The van der Waals surface area contributed by atoms with Gasteiger partial charge in [-0.25, -0.2) is 4.98 Å².